The van der Waals surface area contributed by atoms with E-state index in [0.29, 0.717) is 12.3 Å². The van der Waals surface area contributed by atoms with Gasteiger partial charge >= 0.3 is 0 Å². The van der Waals surface area contributed by atoms with E-state index in [4.69, 9.17) is 9.47 Å². The van der Waals surface area contributed by atoms with E-state index in [2.05, 4.69) is 12.1 Å². The van der Waals surface area contributed by atoms with Gasteiger partial charge in [-0.1, -0.05) is 36.4 Å². The van der Waals surface area contributed by atoms with Crippen LogP contribution in [0.25, 0.3) is 0 Å². The summed E-state index contributed by atoms with van der Waals surface area (Å²) in [5.41, 5.74) is 4.14. The molecule has 0 saturated carbocycles. The molecular formula is C22H25NO3. The Labute approximate surface area is 155 Å². The van der Waals surface area contributed by atoms with Crippen molar-refractivity contribution in [1.82, 2.24) is 4.90 Å². The van der Waals surface area contributed by atoms with E-state index >= 15 is 0 Å². The topological polar surface area (TPSA) is 38.8 Å². The van der Waals surface area contributed by atoms with Crippen LogP contribution in [-0.4, -0.2) is 31.6 Å². The number of fused-ring (bicyclic) bond motifs is 1. The first-order valence-electron chi connectivity index (χ1n) is 8.84. The van der Waals surface area contributed by atoms with Crippen molar-refractivity contribution in [2.75, 3.05) is 20.8 Å². The molecule has 136 valence electrons. The van der Waals surface area contributed by atoms with Crippen LogP contribution in [0.2, 0.25) is 0 Å². The highest BCUT2D eigenvalue weighted by Gasteiger charge is 2.33. The predicted octanol–water partition coefficient (Wildman–Crippen LogP) is 4.14. The van der Waals surface area contributed by atoms with Gasteiger partial charge in [0.1, 0.15) is 0 Å². The number of nitrogens with zero attached hydrogens (tertiary/aromatic N) is 1. The van der Waals surface area contributed by atoms with Crippen LogP contribution in [0.3, 0.4) is 0 Å². The zero-order valence-electron chi connectivity index (χ0n) is 15.8. The molecule has 0 aliphatic carbocycles. The Kier molecular flexibility index (Phi) is 5.31. The average molecular weight is 351 g/mol. The number of carbonyl (C=O) groups is 1. The summed E-state index contributed by atoms with van der Waals surface area (Å²) >= 11 is 0. The van der Waals surface area contributed by atoms with Gasteiger partial charge in [-0.15, -0.1) is 0 Å². The van der Waals surface area contributed by atoms with Gasteiger partial charge in [-0.3, -0.25) is 4.79 Å². The van der Waals surface area contributed by atoms with Crippen molar-refractivity contribution in [1.29, 1.82) is 0 Å². The van der Waals surface area contributed by atoms with E-state index in [1.807, 2.05) is 55.2 Å². The van der Waals surface area contributed by atoms with Crippen LogP contribution in [0.1, 0.15) is 36.6 Å². The highest BCUT2D eigenvalue weighted by atomic mass is 16.5. The van der Waals surface area contributed by atoms with Gasteiger partial charge in [0.05, 0.1) is 20.3 Å². The molecule has 0 bridgehead atoms. The van der Waals surface area contributed by atoms with Crippen molar-refractivity contribution in [2.24, 2.45) is 0 Å². The first-order chi connectivity index (χ1) is 12.6. The smallest absolute Gasteiger partial charge is 0.249 e. The molecule has 0 saturated heterocycles. The van der Waals surface area contributed by atoms with Gasteiger partial charge in [-0.2, -0.15) is 0 Å². The van der Waals surface area contributed by atoms with Crippen molar-refractivity contribution >= 4 is 5.91 Å². The summed E-state index contributed by atoms with van der Waals surface area (Å²) in [6.45, 7) is 4.44. The number of allylic oxidation sites excluding steroid dienone is 1. The Bertz CT molecular complexity index is 827. The van der Waals surface area contributed by atoms with Gasteiger partial charge in [-0.25, -0.2) is 0 Å². The number of carbonyl (C=O) groups excluding carboxylic acids is 1. The molecule has 3 rings (SSSR count). The van der Waals surface area contributed by atoms with Gasteiger partial charge in [0, 0.05) is 12.1 Å². The zero-order valence-corrected chi connectivity index (χ0v) is 15.8. The molecule has 0 fully saturated rings. The molecule has 4 nitrogen and oxygen atoms in total. The molecule has 0 radical (unpaired) electrons. The number of benzene rings is 2. The van der Waals surface area contributed by atoms with Crippen LogP contribution < -0.4 is 9.47 Å². The maximum atomic E-state index is 13.0. The van der Waals surface area contributed by atoms with Crippen molar-refractivity contribution in [2.45, 2.75) is 26.3 Å². The highest BCUT2D eigenvalue weighted by molar-refractivity contribution is 5.93. The van der Waals surface area contributed by atoms with Gasteiger partial charge in [0.25, 0.3) is 0 Å². The average Bonchev–Trinajstić information content (AvgIpc) is 2.71. The second kappa shape index (κ2) is 7.65. The van der Waals surface area contributed by atoms with Crippen LogP contribution in [0.4, 0.5) is 0 Å². The second-order valence-corrected chi connectivity index (χ2v) is 6.44. The Balaban J connectivity index is 2.16. The SMILES string of the molecule is C/C=C(\C)C(=O)N1CCc2cc(OC)c(OC)cc2[C@@H]1c1ccccc1. The van der Waals surface area contributed by atoms with E-state index in [9.17, 15) is 4.79 Å². The lowest BCUT2D eigenvalue weighted by Crippen LogP contribution is -2.41. The molecule has 0 aromatic heterocycles. The molecule has 4 heteroatoms. The number of ether oxygens (including phenoxy) is 2. The van der Waals surface area contributed by atoms with Gasteiger partial charge in [-0.05, 0) is 49.1 Å². The molecule has 0 spiro atoms. The summed E-state index contributed by atoms with van der Waals surface area (Å²) in [5, 5.41) is 0. The zero-order chi connectivity index (χ0) is 18.7. The number of amides is 1. The number of hydrogen-bond acceptors (Lipinski definition) is 3. The fraction of sp³-hybridized carbons (Fsp3) is 0.318. The maximum Gasteiger partial charge on any atom is 0.249 e. The Hall–Kier alpha value is -2.75. The van der Waals surface area contributed by atoms with E-state index in [-0.39, 0.29) is 11.9 Å². The van der Waals surface area contributed by atoms with E-state index in [1.54, 1.807) is 14.2 Å². The van der Waals surface area contributed by atoms with Crippen molar-refractivity contribution in [3.63, 3.8) is 0 Å². The predicted molar refractivity (Wildman–Crippen MR) is 103 cm³/mol. The number of rotatable bonds is 4. The van der Waals surface area contributed by atoms with Crippen LogP contribution in [-0.2, 0) is 11.2 Å². The van der Waals surface area contributed by atoms with E-state index in [1.165, 1.54) is 5.56 Å². The summed E-state index contributed by atoms with van der Waals surface area (Å²) in [6.07, 6.45) is 2.66. The summed E-state index contributed by atoms with van der Waals surface area (Å²) < 4.78 is 11.0. The minimum atomic E-state index is -0.137. The van der Waals surface area contributed by atoms with Gasteiger partial charge in [0.15, 0.2) is 11.5 Å². The summed E-state index contributed by atoms with van der Waals surface area (Å²) in [4.78, 5) is 15.0. The minimum Gasteiger partial charge on any atom is -0.493 e. The molecule has 0 N–H and O–H groups in total. The molecule has 1 amide bonds. The molecule has 2 aromatic carbocycles. The first kappa shape index (κ1) is 18.1. The molecular weight excluding hydrogens is 326 g/mol. The van der Waals surface area contributed by atoms with E-state index in [0.717, 1.165) is 28.9 Å². The normalized spacial score (nSPS) is 16.8. The standard InChI is InChI=1S/C22H25NO3/c1-5-15(2)22(24)23-12-11-17-13-19(25-3)20(26-4)14-18(17)21(23)16-9-7-6-8-10-16/h5-10,13-14,21H,11-12H2,1-4H3/b15-5+/t21-/m0/s1. The Morgan fingerprint density at radius 2 is 1.77 bits per heavy atom. The van der Waals surface area contributed by atoms with Crippen LogP contribution in [0.15, 0.2) is 54.1 Å². The lowest BCUT2D eigenvalue weighted by Gasteiger charge is -2.38. The summed E-state index contributed by atoms with van der Waals surface area (Å²) in [6, 6.07) is 14.1. The summed E-state index contributed by atoms with van der Waals surface area (Å²) in [5.74, 6) is 1.48. The molecule has 26 heavy (non-hydrogen) atoms. The van der Waals surface area contributed by atoms with Crippen molar-refractivity contribution < 1.29 is 14.3 Å². The fourth-order valence-corrected chi connectivity index (χ4v) is 3.51. The van der Waals surface area contributed by atoms with Crippen LogP contribution in [0.5, 0.6) is 11.5 Å². The number of methoxy groups -OCH3 is 2. The lowest BCUT2D eigenvalue weighted by molar-refractivity contribution is -0.129. The molecule has 0 unspecified atom stereocenters. The van der Waals surface area contributed by atoms with Gasteiger partial charge in [0.2, 0.25) is 5.91 Å². The van der Waals surface area contributed by atoms with Gasteiger partial charge < -0.3 is 14.4 Å². The summed E-state index contributed by atoms with van der Waals surface area (Å²) in [7, 11) is 3.28. The third kappa shape index (κ3) is 3.19. The fourth-order valence-electron chi connectivity index (χ4n) is 3.51. The molecule has 1 aliphatic heterocycles. The Morgan fingerprint density at radius 1 is 1.12 bits per heavy atom. The quantitative estimate of drug-likeness (QED) is 0.777. The molecule has 1 atom stereocenters. The largest absolute Gasteiger partial charge is 0.493 e. The minimum absolute atomic E-state index is 0.0711. The molecule has 2 aromatic rings. The van der Waals surface area contributed by atoms with Crippen LogP contribution >= 0.6 is 0 Å². The first-order valence-corrected chi connectivity index (χ1v) is 8.84. The molecule has 1 aliphatic rings. The second-order valence-electron chi connectivity index (χ2n) is 6.44. The monoisotopic (exact) mass is 351 g/mol. The lowest BCUT2D eigenvalue weighted by atomic mass is 9.87. The third-order valence-electron chi connectivity index (χ3n) is 5.02. The van der Waals surface area contributed by atoms with Crippen molar-refractivity contribution in [3.8, 4) is 11.5 Å². The van der Waals surface area contributed by atoms with Crippen LogP contribution in [0, 0.1) is 0 Å². The Morgan fingerprint density at radius 3 is 2.38 bits per heavy atom. The van der Waals surface area contributed by atoms with E-state index < -0.39 is 0 Å². The third-order valence-corrected chi connectivity index (χ3v) is 5.02. The maximum absolute atomic E-state index is 13.0. The van der Waals surface area contributed by atoms with Crippen molar-refractivity contribution in [3.05, 3.63) is 70.8 Å². The number of hydrogen-bond donors (Lipinski definition) is 0. The molecule has 1 heterocycles. The highest BCUT2D eigenvalue weighted by Crippen LogP contribution is 2.41.